The molecule has 0 fully saturated rings. The molecule has 2 N–H and O–H groups in total. The van der Waals surface area contributed by atoms with Crippen LogP contribution in [-0.4, -0.2) is 20.5 Å². The summed E-state index contributed by atoms with van der Waals surface area (Å²) in [4.78, 5) is 16.0. The van der Waals surface area contributed by atoms with Crippen LogP contribution >= 0.6 is 27.3 Å². The summed E-state index contributed by atoms with van der Waals surface area (Å²) >= 11 is 4.30. The van der Waals surface area contributed by atoms with E-state index in [4.69, 9.17) is 5.73 Å². The van der Waals surface area contributed by atoms with E-state index < -0.39 is 17.8 Å². The van der Waals surface area contributed by atoms with E-state index in [1.165, 1.54) is 11.3 Å². The Morgan fingerprint density at radius 2 is 2.14 bits per heavy atom. The molecule has 0 spiro atoms. The molecular formula is C12H6BrF3N4OS. The molecule has 0 radical (unpaired) electrons. The molecule has 3 aromatic rings. The van der Waals surface area contributed by atoms with E-state index in [1.54, 1.807) is 17.5 Å². The summed E-state index contributed by atoms with van der Waals surface area (Å²) < 4.78 is 40.4. The van der Waals surface area contributed by atoms with Crippen LogP contribution in [0.1, 0.15) is 16.2 Å². The first-order valence-electron chi connectivity index (χ1n) is 5.79. The summed E-state index contributed by atoms with van der Waals surface area (Å²) in [5.41, 5.74) is 3.81. The zero-order valence-corrected chi connectivity index (χ0v) is 13.0. The molecule has 0 aliphatic carbocycles. The number of aromatic nitrogens is 3. The Morgan fingerprint density at radius 3 is 2.68 bits per heavy atom. The Kier molecular flexibility index (Phi) is 3.44. The Hall–Kier alpha value is -1.94. The van der Waals surface area contributed by atoms with Crippen LogP contribution in [0.5, 0.6) is 0 Å². The maximum atomic E-state index is 13.3. The van der Waals surface area contributed by atoms with Gasteiger partial charge >= 0.3 is 6.18 Å². The summed E-state index contributed by atoms with van der Waals surface area (Å²) in [5.74, 6) is -0.942. The summed E-state index contributed by atoms with van der Waals surface area (Å²) in [6, 6.07) is 4.26. The topological polar surface area (TPSA) is 73.3 Å². The molecule has 0 atom stereocenters. The molecule has 0 saturated heterocycles. The molecular weight excluding hydrogens is 385 g/mol. The van der Waals surface area contributed by atoms with Crippen molar-refractivity contribution in [3.63, 3.8) is 0 Å². The van der Waals surface area contributed by atoms with Crippen molar-refractivity contribution in [3.8, 4) is 10.6 Å². The maximum Gasteiger partial charge on any atom is 0.433 e. The third-order valence-electron chi connectivity index (χ3n) is 2.83. The lowest BCUT2D eigenvalue weighted by Gasteiger charge is -2.10. The molecule has 1 amide bonds. The van der Waals surface area contributed by atoms with Crippen molar-refractivity contribution in [2.24, 2.45) is 5.73 Å². The molecule has 5 nitrogen and oxygen atoms in total. The molecule has 0 aliphatic heterocycles. The fourth-order valence-corrected chi connectivity index (χ4v) is 3.12. The zero-order valence-electron chi connectivity index (χ0n) is 10.6. The second kappa shape index (κ2) is 5.06. The number of hydrogen-bond donors (Lipinski definition) is 1. The number of nitrogens with zero attached hydrogens (tertiary/aromatic N) is 3. The number of fused-ring (bicyclic) bond motifs is 1. The molecule has 3 heterocycles. The molecule has 0 saturated carbocycles. The van der Waals surface area contributed by atoms with Gasteiger partial charge in [0, 0.05) is 0 Å². The highest BCUT2D eigenvalue weighted by atomic mass is 79.9. The van der Waals surface area contributed by atoms with Crippen LogP contribution in [0.3, 0.4) is 0 Å². The minimum Gasteiger partial charge on any atom is -0.364 e. The highest BCUT2D eigenvalue weighted by molar-refractivity contribution is 9.10. The molecule has 114 valence electrons. The second-order valence-corrected chi connectivity index (χ2v) is 6.00. The Balaban J connectivity index is 2.39. The van der Waals surface area contributed by atoms with Crippen LogP contribution in [-0.2, 0) is 6.18 Å². The first-order valence-corrected chi connectivity index (χ1v) is 7.46. The number of thiophene rings is 1. The monoisotopic (exact) mass is 390 g/mol. The molecule has 3 aromatic heterocycles. The lowest BCUT2D eigenvalue weighted by Crippen LogP contribution is -2.15. The van der Waals surface area contributed by atoms with E-state index in [-0.39, 0.29) is 21.5 Å². The van der Waals surface area contributed by atoms with E-state index >= 15 is 0 Å². The van der Waals surface area contributed by atoms with Gasteiger partial charge in [-0.1, -0.05) is 6.07 Å². The van der Waals surface area contributed by atoms with Gasteiger partial charge in [0.1, 0.15) is 0 Å². The van der Waals surface area contributed by atoms with Gasteiger partial charge in [-0.2, -0.15) is 18.3 Å². The number of primary amides is 1. The number of hydrogen-bond acceptors (Lipinski definition) is 4. The van der Waals surface area contributed by atoms with E-state index in [0.29, 0.717) is 9.39 Å². The standard InChI is InChI=1S/C12H6BrF3N4OS/c13-8-9(10(17)21)19-20-7(12(14,15)16)4-5(18-11(8)20)6-2-1-3-22-6/h1-4H,(H2,17,21). The highest BCUT2D eigenvalue weighted by Crippen LogP contribution is 2.35. The van der Waals surface area contributed by atoms with E-state index in [1.807, 2.05) is 0 Å². The average Bonchev–Trinajstić information content (AvgIpc) is 3.05. The van der Waals surface area contributed by atoms with Crippen molar-refractivity contribution in [3.05, 3.63) is 39.4 Å². The first kappa shape index (κ1) is 15.0. The molecule has 22 heavy (non-hydrogen) atoms. The van der Waals surface area contributed by atoms with Crippen molar-refractivity contribution >= 4 is 38.8 Å². The van der Waals surface area contributed by atoms with Crippen LogP contribution < -0.4 is 5.73 Å². The quantitative estimate of drug-likeness (QED) is 0.729. The highest BCUT2D eigenvalue weighted by Gasteiger charge is 2.36. The van der Waals surface area contributed by atoms with Crippen LogP contribution in [0.4, 0.5) is 13.2 Å². The summed E-state index contributed by atoms with van der Waals surface area (Å²) in [6.07, 6.45) is -4.66. The third kappa shape index (κ3) is 2.37. The molecule has 0 aromatic carbocycles. The van der Waals surface area contributed by atoms with Crippen molar-refractivity contribution in [1.82, 2.24) is 14.6 Å². The average molecular weight is 391 g/mol. The van der Waals surface area contributed by atoms with Gasteiger partial charge in [0.2, 0.25) is 0 Å². The van der Waals surface area contributed by atoms with E-state index in [0.717, 1.165) is 6.07 Å². The zero-order chi connectivity index (χ0) is 16.1. The van der Waals surface area contributed by atoms with Crippen molar-refractivity contribution in [2.45, 2.75) is 6.18 Å². The fourth-order valence-electron chi connectivity index (χ4n) is 1.90. The van der Waals surface area contributed by atoms with Crippen molar-refractivity contribution in [2.75, 3.05) is 0 Å². The van der Waals surface area contributed by atoms with Crippen LogP contribution in [0.15, 0.2) is 28.1 Å². The smallest absolute Gasteiger partial charge is 0.364 e. The largest absolute Gasteiger partial charge is 0.433 e. The Labute approximate surface area is 133 Å². The van der Waals surface area contributed by atoms with Crippen molar-refractivity contribution < 1.29 is 18.0 Å². The van der Waals surface area contributed by atoms with Gasteiger partial charge in [-0.25, -0.2) is 9.50 Å². The predicted octanol–water partition coefficient (Wildman–Crippen LogP) is 3.34. The lowest BCUT2D eigenvalue weighted by atomic mass is 10.2. The van der Waals surface area contributed by atoms with Gasteiger partial charge in [-0.15, -0.1) is 11.3 Å². The van der Waals surface area contributed by atoms with E-state index in [9.17, 15) is 18.0 Å². The summed E-state index contributed by atoms with van der Waals surface area (Å²) in [5, 5.41) is 5.35. The van der Waals surface area contributed by atoms with Gasteiger partial charge < -0.3 is 5.73 Å². The summed E-state index contributed by atoms with van der Waals surface area (Å²) in [6.45, 7) is 0. The number of amides is 1. The van der Waals surface area contributed by atoms with Crippen LogP contribution in [0.2, 0.25) is 0 Å². The number of rotatable bonds is 2. The van der Waals surface area contributed by atoms with Gasteiger partial charge in [0.25, 0.3) is 5.91 Å². The van der Waals surface area contributed by atoms with E-state index in [2.05, 4.69) is 26.0 Å². The minimum atomic E-state index is -4.66. The number of carbonyl (C=O) groups excluding carboxylic acids is 1. The molecule has 0 aliphatic rings. The van der Waals surface area contributed by atoms with Crippen LogP contribution in [0, 0.1) is 0 Å². The number of nitrogens with two attached hydrogens (primary N) is 1. The molecule has 0 bridgehead atoms. The second-order valence-electron chi connectivity index (χ2n) is 4.26. The predicted molar refractivity (Wildman–Crippen MR) is 77.5 cm³/mol. The van der Waals surface area contributed by atoms with Gasteiger partial charge in [-0.05, 0) is 33.4 Å². The van der Waals surface area contributed by atoms with Gasteiger partial charge in [-0.3, -0.25) is 4.79 Å². The number of carbonyl (C=O) groups is 1. The van der Waals surface area contributed by atoms with Crippen LogP contribution in [0.25, 0.3) is 16.2 Å². The molecule has 3 rings (SSSR count). The van der Waals surface area contributed by atoms with Gasteiger partial charge in [0.15, 0.2) is 17.0 Å². The number of halogens is 4. The first-order chi connectivity index (χ1) is 10.3. The molecule has 10 heteroatoms. The lowest BCUT2D eigenvalue weighted by molar-refractivity contribution is -0.142. The minimum absolute atomic E-state index is 0.0314. The fraction of sp³-hybridized carbons (Fsp3) is 0.0833. The normalized spacial score (nSPS) is 12.0. The number of alkyl halides is 3. The SMILES string of the molecule is NC(=O)c1nn2c(C(F)(F)F)cc(-c3cccs3)nc2c1Br. The molecule has 0 unspecified atom stereocenters. The van der Waals surface area contributed by atoms with Crippen molar-refractivity contribution in [1.29, 1.82) is 0 Å². The Morgan fingerprint density at radius 1 is 1.41 bits per heavy atom. The van der Waals surface area contributed by atoms with Gasteiger partial charge in [0.05, 0.1) is 15.0 Å². The third-order valence-corrected chi connectivity index (χ3v) is 4.45. The Bertz CT molecular complexity index is 873. The maximum absolute atomic E-state index is 13.3. The summed E-state index contributed by atoms with van der Waals surface area (Å²) in [7, 11) is 0.